The molecule has 5 N–H and O–H groups in total. The van der Waals surface area contributed by atoms with E-state index in [1.807, 2.05) is 11.4 Å². The van der Waals surface area contributed by atoms with Crippen LogP contribution in [0.5, 0.6) is 0 Å². The number of aliphatic hydroxyl groups is 4. The van der Waals surface area contributed by atoms with Gasteiger partial charge in [-0.15, -0.1) is 11.3 Å². The van der Waals surface area contributed by atoms with Crippen molar-refractivity contribution in [2.45, 2.75) is 37.2 Å². The van der Waals surface area contributed by atoms with E-state index in [0.717, 1.165) is 10.4 Å². The monoisotopic (exact) mass is 478 g/mol. The molecule has 1 fully saturated rings. The van der Waals surface area contributed by atoms with Crippen LogP contribution in [-0.4, -0.2) is 80.8 Å². The topological polar surface area (TPSA) is 188 Å². The number of β-amino-alcohol motifs (C(OH)–C–C–N with tert-alkyl or cyclic N) is 1. The Hall–Kier alpha value is -2.77. The maximum atomic E-state index is 11.3. The molecule has 0 spiro atoms. The molecule has 178 valence electrons. The number of azide groups is 1. The first-order valence-electron chi connectivity index (χ1n) is 10.4. The normalized spacial score (nSPS) is 23.2. The molecule has 1 saturated heterocycles. The van der Waals surface area contributed by atoms with E-state index in [2.05, 4.69) is 15.3 Å². The molecule has 1 aromatic heterocycles. The summed E-state index contributed by atoms with van der Waals surface area (Å²) >= 11 is 1.56. The lowest BCUT2D eigenvalue weighted by Gasteiger charge is -2.43. The number of nitrogens with zero attached hydrogens (tertiary/aromatic N) is 5. The standard InChI is InChI=1S/C20H26N6O6S/c21-24-23-13-1-2-15(16(8-13)26(31)32)22-5-3-12-7-14(33-11-12)4-6-25-9-18(28)20(30)19(29)17(25)10-27/h1-2,7-8,11,17-20,22,27-30H,3-6,9-10H2/t17-,18+,19-,20-/m1/s1. The molecular weight excluding hydrogens is 452 g/mol. The minimum atomic E-state index is -1.27. The summed E-state index contributed by atoms with van der Waals surface area (Å²) in [5, 5.41) is 59.1. The number of aliphatic hydroxyl groups excluding tert-OH is 4. The van der Waals surface area contributed by atoms with E-state index >= 15 is 0 Å². The fourth-order valence-corrected chi connectivity index (χ4v) is 4.77. The van der Waals surface area contributed by atoms with Gasteiger partial charge in [-0.05, 0) is 41.4 Å². The summed E-state index contributed by atoms with van der Waals surface area (Å²) in [4.78, 5) is 16.3. The first kappa shape index (κ1) is 24.9. The smallest absolute Gasteiger partial charge is 0.292 e. The third-order valence-corrected chi connectivity index (χ3v) is 6.68. The molecule has 0 bridgehead atoms. The zero-order valence-electron chi connectivity index (χ0n) is 17.7. The molecular formula is C20H26N6O6S. The van der Waals surface area contributed by atoms with E-state index in [-0.39, 0.29) is 24.5 Å². The highest BCUT2D eigenvalue weighted by molar-refractivity contribution is 7.10. The average molecular weight is 479 g/mol. The third-order valence-electron chi connectivity index (χ3n) is 5.64. The number of piperidine rings is 1. The Kier molecular flexibility index (Phi) is 8.58. The predicted octanol–water partition coefficient (Wildman–Crippen LogP) is 1.55. The number of rotatable bonds is 10. The molecule has 0 unspecified atom stereocenters. The van der Waals surface area contributed by atoms with Crippen molar-refractivity contribution < 1.29 is 25.3 Å². The lowest BCUT2D eigenvalue weighted by molar-refractivity contribution is -0.383. The van der Waals surface area contributed by atoms with Crippen LogP contribution in [0.1, 0.15) is 10.4 Å². The lowest BCUT2D eigenvalue weighted by atomic mass is 9.94. The summed E-state index contributed by atoms with van der Waals surface area (Å²) in [7, 11) is 0. The van der Waals surface area contributed by atoms with Gasteiger partial charge >= 0.3 is 0 Å². The highest BCUT2D eigenvalue weighted by Crippen LogP contribution is 2.29. The van der Waals surface area contributed by atoms with Crippen LogP contribution in [0.25, 0.3) is 10.4 Å². The molecule has 2 aromatic rings. The van der Waals surface area contributed by atoms with Gasteiger partial charge in [-0.25, -0.2) is 0 Å². The van der Waals surface area contributed by atoms with Crippen molar-refractivity contribution in [1.29, 1.82) is 0 Å². The number of nitrogens with one attached hydrogen (secondary N) is 1. The average Bonchev–Trinajstić information content (AvgIpc) is 3.24. The number of hydrogen-bond acceptors (Lipinski definition) is 10. The molecule has 1 aliphatic rings. The maximum absolute atomic E-state index is 11.3. The molecule has 1 aliphatic heterocycles. The maximum Gasteiger partial charge on any atom is 0.292 e. The third kappa shape index (κ3) is 6.18. The van der Waals surface area contributed by atoms with Gasteiger partial charge in [0.15, 0.2) is 0 Å². The molecule has 0 radical (unpaired) electrons. The lowest BCUT2D eigenvalue weighted by Crippen LogP contribution is -2.62. The summed E-state index contributed by atoms with van der Waals surface area (Å²) in [6, 6.07) is 5.64. The number of likely N-dealkylation sites (tertiary alicyclic amines) is 1. The SMILES string of the molecule is [N-]=[N+]=Nc1ccc(NCCc2csc(CCN3C[C@H](O)[C@@H](O)[C@H](O)[C@H]3CO)c2)c([N+](=O)[O-])c1. The van der Waals surface area contributed by atoms with Crippen LogP contribution in [0.15, 0.2) is 34.8 Å². The molecule has 12 nitrogen and oxygen atoms in total. The van der Waals surface area contributed by atoms with Crippen LogP contribution in [-0.2, 0) is 12.8 Å². The Morgan fingerprint density at radius 3 is 2.76 bits per heavy atom. The number of nitro groups is 1. The Bertz CT molecular complexity index is 1010. The zero-order chi connectivity index (χ0) is 24.0. The Balaban J connectivity index is 1.53. The van der Waals surface area contributed by atoms with Crippen LogP contribution in [0.3, 0.4) is 0 Å². The zero-order valence-corrected chi connectivity index (χ0v) is 18.5. The van der Waals surface area contributed by atoms with Crippen molar-refractivity contribution in [2.24, 2.45) is 5.11 Å². The second kappa shape index (κ2) is 11.4. The van der Waals surface area contributed by atoms with Crippen LogP contribution in [0, 0.1) is 10.1 Å². The highest BCUT2D eigenvalue weighted by Gasteiger charge is 2.40. The first-order chi connectivity index (χ1) is 15.8. The molecule has 13 heteroatoms. The summed E-state index contributed by atoms with van der Waals surface area (Å²) < 4.78 is 0. The van der Waals surface area contributed by atoms with Gasteiger partial charge in [0.05, 0.1) is 23.7 Å². The Morgan fingerprint density at radius 2 is 2.06 bits per heavy atom. The van der Waals surface area contributed by atoms with Gasteiger partial charge in [0.2, 0.25) is 0 Å². The van der Waals surface area contributed by atoms with E-state index in [4.69, 9.17) is 5.53 Å². The van der Waals surface area contributed by atoms with Gasteiger partial charge in [-0.1, -0.05) is 11.2 Å². The number of anilines is 1. The van der Waals surface area contributed by atoms with E-state index in [1.54, 1.807) is 16.2 Å². The Morgan fingerprint density at radius 1 is 1.27 bits per heavy atom. The van der Waals surface area contributed by atoms with Crippen molar-refractivity contribution in [1.82, 2.24) is 4.90 Å². The van der Waals surface area contributed by atoms with E-state index < -0.39 is 29.3 Å². The van der Waals surface area contributed by atoms with Gasteiger partial charge < -0.3 is 25.7 Å². The van der Waals surface area contributed by atoms with Gasteiger partial charge in [0.25, 0.3) is 5.69 Å². The second-order valence-corrected chi connectivity index (χ2v) is 8.79. The van der Waals surface area contributed by atoms with Gasteiger partial charge in [0, 0.05) is 41.2 Å². The molecule has 0 saturated carbocycles. The largest absolute Gasteiger partial charge is 0.395 e. The molecule has 0 amide bonds. The van der Waals surface area contributed by atoms with Crippen LogP contribution in [0.4, 0.5) is 17.1 Å². The van der Waals surface area contributed by atoms with Crippen molar-refractivity contribution in [3.05, 3.63) is 60.6 Å². The van der Waals surface area contributed by atoms with Gasteiger partial charge in [-0.3, -0.25) is 15.0 Å². The van der Waals surface area contributed by atoms with Gasteiger partial charge in [0.1, 0.15) is 17.9 Å². The van der Waals surface area contributed by atoms with Crippen molar-refractivity contribution in [3.8, 4) is 0 Å². The molecule has 33 heavy (non-hydrogen) atoms. The summed E-state index contributed by atoms with van der Waals surface area (Å²) in [6.07, 6.45) is -2.27. The minimum Gasteiger partial charge on any atom is -0.395 e. The molecule has 0 aliphatic carbocycles. The van der Waals surface area contributed by atoms with Crippen LogP contribution < -0.4 is 5.32 Å². The van der Waals surface area contributed by atoms with E-state index in [1.165, 1.54) is 18.2 Å². The molecule has 1 aromatic carbocycles. The number of thiophene rings is 1. The summed E-state index contributed by atoms with van der Waals surface area (Å²) in [6.45, 7) is 0.825. The van der Waals surface area contributed by atoms with Crippen LogP contribution >= 0.6 is 11.3 Å². The van der Waals surface area contributed by atoms with Crippen molar-refractivity contribution in [3.63, 3.8) is 0 Å². The van der Waals surface area contributed by atoms with Crippen molar-refractivity contribution >= 4 is 28.4 Å². The fraction of sp³-hybridized carbons (Fsp3) is 0.500. The first-order valence-corrected chi connectivity index (χ1v) is 11.2. The van der Waals surface area contributed by atoms with E-state index in [0.29, 0.717) is 31.6 Å². The second-order valence-electron chi connectivity index (χ2n) is 7.79. The van der Waals surface area contributed by atoms with E-state index in [9.17, 15) is 30.5 Å². The minimum absolute atomic E-state index is 0.166. The van der Waals surface area contributed by atoms with Gasteiger partial charge in [-0.2, -0.15) is 0 Å². The number of benzene rings is 1. The van der Waals surface area contributed by atoms with Crippen LogP contribution in [0.2, 0.25) is 0 Å². The summed E-state index contributed by atoms with van der Waals surface area (Å²) in [5.74, 6) is 0. The fourth-order valence-electron chi connectivity index (χ4n) is 3.85. The molecule has 3 rings (SSSR count). The quantitative estimate of drug-likeness (QED) is 0.112. The summed E-state index contributed by atoms with van der Waals surface area (Å²) in [5.41, 5.74) is 9.89. The number of nitro benzene ring substituents is 1. The Labute approximate surface area is 193 Å². The number of hydrogen-bond donors (Lipinski definition) is 5. The predicted molar refractivity (Wildman–Crippen MR) is 123 cm³/mol. The molecule has 4 atom stereocenters. The highest BCUT2D eigenvalue weighted by atomic mass is 32.1. The molecule has 2 heterocycles. The van der Waals surface area contributed by atoms with Crippen molar-refractivity contribution in [2.75, 3.05) is 31.6 Å².